The molecule has 0 saturated heterocycles. The minimum atomic E-state index is 0.0815. The van der Waals surface area contributed by atoms with Gasteiger partial charge in [0.05, 0.1) is 12.2 Å². The zero-order chi connectivity index (χ0) is 12.8. The van der Waals surface area contributed by atoms with Crippen molar-refractivity contribution in [2.75, 3.05) is 0 Å². The van der Waals surface area contributed by atoms with Crippen LogP contribution in [0.2, 0.25) is 0 Å². The minimum Gasteiger partial charge on any atom is -0.272 e. The van der Waals surface area contributed by atoms with Crippen LogP contribution >= 0.6 is 0 Å². The molecule has 0 saturated carbocycles. The molecular formula is C13H19N5. The molecular weight excluding hydrogens is 226 g/mol. The maximum Gasteiger partial charge on any atom is 0.0538 e. The molecule has 0 bridgehead atoms. The van der Waals surface area contributed by atoms with Gasteiger partial charge in [0.15, 0.2) is 0 Å². The van der Waals surface area contributed by atoms with Gasteiger partial charge in [-0.05, 0) is 30.5 Å². The molecule has 0 aliphatic rings. The number of aryl methyl sites for hydroxylation is 1. The molecule has 0 fully saturated rings. The van der Waals surface area contributed by atoms with E-state index < -0.39 is 0 Å². The van der Waals surface area contributed by atoms with Crippen LogP contribution in [0, 0.1) is 0 Å². The molecule has 2 aromatic rings. The molecule has 0 radical (unpaired) electrons. The van der Waals surface area contributed by atoms with Crippen molar-refractivity contribution in [3.63, 3.8) is 0 Å². The van der Waals surface area contributed by atoms with Crippen LogP contribution < -0.4 is 11.3 Å². The molecule has 5 nitrogen and oxygen atoms in total. The Morgan fingerprint density at radius 3 is 2.83 bits per heavy atom. The van der Waals surface area contributed by atoms with Crippen molar-refractivity contribution in [1.29, 1.82) is 0 Å². The highest BCUT2D eigenvalue weighted by Gasteiger charge is 2.12. The number of nitrogens with zero attached hydrogens (tertiary/aromatic N) is 3. The highest BCUT2D eigenvalue weighted by Crippen LogP contribution is 2.16. The predicted octanol–water partition coefficient (Wildman–Crippen LogP) is 1.44. The number of hydrogen-bond acceptors (Lipinski definition) is 4. The van der Waals surface area contributed by atoms with Crippen LogP contribution in [0.4, 0.5) is 0 Å². The highest BCUT2D eigenvalue weighted by molar-refractivity contribution is 5.18. The van der Waals surface area contributed by atoms with Crippen molar-refractivity contribution in [2.24, 2.45) is 5.84 Å². The molecule has 96 valence electrons. The summed E-state index contributed by atoms with van der Waals surface area (Å²) in [6.07, 6.45) is 9.42. The average molecular weight is 245 g/mol. The Balaban J connectivity index is 2.08. The number of hydrazine groups is 1. The third-order valence-corrected chi connectivity index (χ3v) is 2.90. The Morgan fingerprint density at radius 2 is 2.17 bits per heavy atom. The zero-order valence-corrected chi connectivity index (χ0v) is 10.6. The molecule has 5 heteroatoms. The summed E-state index contributed by atoms with van der Waals surface area (Å²) in [4.78, 5) is 4.01. The van der Waals surface area contributed by atoms with E-state index >= 15 is 0 Å². The molecule has 1 unspecified atom stereocenters. The smallest absolute Gasteiger partial charge is 0.0538 e. The van der Waals surface area contributed by atoms with Crippen LogP contribution in [0.15, 0.2) is 36.9 Å². The van der Waals surface area contributed by atoms with E-state index in [9.17, 15) is 0 Å². The van der Waals surface area contributed by atoms with Gasteiger partial charge in [0, 0.05) is 30.7 Å². The molecule has 2 rings (SSSR count). The van der Waals surface area contributed by atoms with Crippen molar-refractivity contribution in [3.05, 3.63) is 48.0 Å². The number of hydrogen-bond donors (Lipinski definition) is 2. The number of aromatic nitrogens is 3. The largest absolute Gasteiger partial charge is 0.272 e. The van der Waals surface area contributed by atoms with Crippen LogP contribution in [-0.2, 0) is 13.0 Å². The Bertz CT molecular complexity index is 465. The van der Waals surface area contributed by atoms with Crippen molar-refractivity contribution < 1.29 is 0 Å². The van der Waals surface area contributed by atoms with Gasteiger partial charge in [-0.3, -0.25) is 20.9 Å². The second-order valence-electron chi connectivity index (χ2n) is 4.32. The summed E-state index contributed by atoms with van der Waals surface area (Å²) in [5.74, 6) is 5.63. The molecule has 0 aliphatic carbocycles. The molecule has 2 heterocycles. The van der Waals surface area contributed by atoms with Crippen molar-refractivity contribution in [2.45, 2.75) is 32.4 Å². The molecule has 1 atom stereocenters. The van der Waals surface area contributed by atoms with E-state index in [1.165, 1.54) is 5.56 Å². The van der Waals surface area contributed by atoms with E-state index in [4.69, 9.17) is 5.84 Å². The van der Waals surface area contributed by atoms with Gasteiger partial charge < -0.3 is 0 Å². The number of nitrogens with two attached hydrogens (primary N) is 1. The normalized spacial score (nSPS) is 12.6. The lowest BCUT2D eigenvalue weighted by Crippen LogP contribution is -2.29. The Kier molecular flexibility index (Phi) is 4.44. The Morgan fingerprint density at radius 1 is 1.39 bits per heavy atom. The van der Waals surface area contributed by atoms with E-state index in [0.29, 0.717) is 0 Å². The lowest BCUT2D eigenvalue weighted by atomic mass is 10.0. The highest BCUT2D eigenvalue weighted by atomic mass is 15.3. The van der Waals surface area contributed by atoms with Crippen molar-refractivity contribution in [1.82, 2.24) is 20.2 Å². The van der Waals surface area contributed by atoms with Crippen LogP contribution in [0.1, 0.15) is 30.5 Å². The molecule has 0 amide bonds. The first-order valence-corrected chi connectivity index (χ1v) is 6.21. The maximum absolute atomic E-state index is 5.63. The fourth-order valence-corrected chi connectivity index (χ4v) is 1.94. The SMILES string of the molecule is CCCn1cc(C(Cc2ccncc2)NN)cn1. The topological polar surface area (TPSA) is 68.8 Å². The summed E-state index contributed by atoms with van der Waals surface area (Å²) >= 11 is 0. The second kappa shape index (κ2) is 6.28. The summed E-state index contributed by atoms with van der Waals surface area (Å²) in [7, 11) is 0. The Labute approximate surface area is 107 Å². The number of pyridine rings is 1. The van der Waals surface area contributed by atoms with E-state index in [1.54, 1.807) is 12.4 Å². The fraction of sp³-hybridized carbons (Fsp3) is 0.385. The van der Waals surface area contributed by atoms with E-state index in [0.717, 1.165) is 24.9 Å². The third kappa shape index (κ3) is 3.15. The quantitative estimate of drug-likeness (QED) is 0.597. The van der Waals surface area contributed by atoms with Crippen LogP contribution in [-0.4, -0.2) is 14.8 Å². The summed E-state index contributed by atoms with van der Waals surface area (Å²) in [5.41, 5.74) is 5.17. The second-order valence-corrected chi connectivity index (χ2v) is 4.32. The molecule has 0 spiro atoms. The molecule has 18 heavy (non-hydrogen) atoms. The molecule has 0 aliphatic heterocycles. The average Bonchev–Trinajstić information content (AvgIpc) is 2.86. The van der Waals surface area contributed by atoms with Crippen LogP contribution in [0.25, 0.3) is 0 Å². The Hall–Kier alpha value is -1.72. The lowest BCUT2D eigenvalue weighted by molar-refractivity contribution is 0.548. The number of rotatable bonds is 6. The van der Waals surface area contributed by atoms with Gasteiger partial charge in [-0.2, -0.15) is 5.10 Å². The summed E-state index contributed by atoms with van der Waals surface area (Å²) in [6.45, 7) is 3.07. The summed E-state index contributed by atoms with van der Waals surface area (Å²) in [5, 5.41) is 4.33. The van der Waals surface area contributed by atoms with Gasteiger partial charge >= 0.3 is 0 Å². The maximum atomic E-state index is 5.63. The van der Waals surface area contributed by atoms with Crippen LogP contribution in [0.5, 0.6) is 0 Å². The van der Waals surface area contributed by atoms with Crippen molar-refractivity contribution >= 4 is 0 Å². The first-order chi connectivity index (χ1) is 8.83. The van der Waals surface area contributed by atoms with E-state index in [2.05, 4.69) is 28.6 Å². The van der Waals surface area contributed by atoms with Gasteiger partial charge in [-0.25, -0.2) is 0 Å². The molecule has 2 aromatic heterocycles. The van der Waals surface area contributed by atoms with Gasteiger partial charge in [0.1, 0.15) is 0 Å². The summed E-state index contributed by atoms with van der Waals surface area (Å²) < 4.78 is 1.95. The van der Waals surface area contributed by atoms with Gasteiger partial charge in [0.2, 0.25) is 0 Å². The zero-order valence-electron chi connectivity index (χ0n) is 10.6. The standard InChI is InChI=1S/C13H19N5/c1-2-7-18-10-12(9-16-18)13(17-14)8-11-3-5-15-6-4-11/h3-6,9-10,13,17H,2,7-8,14H2,1H3. The fourth-order valence-electron chi connectivity index (χ4n) is 1.94. The molecule has 0 aromatic carbocycles. The van der Waals surface area contributed by atoms with Gasteiger partial charge in [-0.15, -0.1) is 0 Å². The molecule has 3 N–H and O–H groups in total. The lowest BCUT2D eigenvalue weighted by Gasteiger charge is -2.13. The third-order valence-electron chi connectivity index (χ3n) is 2.90. The first-order valence-electron chi connectivity index (χ1n) is 6.21. The van der Waals surface area contributed by atoms with Crippen molar-refractivity contribution in [3.8, 4) is 0 Å². The van der Waals surface area contributed by atoms with E-state index in [1.807, 2.05) is 23.0 Å². The minimum absolute atomic E-state index is 0.0815. The van der Waals surface area contributed by atoms with Gasteiger partial charge in [-0.1, -0.05) is 6.92 Å². The monoisotopic (exact) mass is 245 g/mol. The van der Waals surface area contributed by atoms with E-state index in [-0.39, 0.29) is 6.04 Å². The first kappa shape index (κ1) is 12.7. The van der Waals surface area contributed by atoms with Crippen LogP contribution in [0.3, 0.4) is 0 Å². The van der Waals surface area contributed by atoms with Gasteiger partial charge in [0.25, 0.3) is 0 Å². The number of nitrogens with one attached hydrogen (secondary N) is 1. The summed E-state index contributed by atoms with van der Waals surface area (Å²) in [6, 6.07) is 4.08. The predicted molar refractivity (Wildman–Crippen MR) is 70.5 cm³/mol.